The van der Waals surface area contributed by atoms with Crippen LogP contribution in [0.15, 0.2) is 23.1 Å². The molecule has 0 aliphatic carbocycles. The number of hydrogen-bond acceptors (Lipinski definition) is 4. The van der Waals surface area contributed by atoms with Crippen LogP contribution in [0.4, 0.5) is 13.2 Å². The maximum atomic E-state index is 12.2. The Labute approximate surface area is 98.6 Å². The molecule has 0 aliphatic rings. The molecular weight excluding hydrogens is 257 g/mol. The van der Waals surface area contributed by atoms with E-state index >= 15 is 0 Å². The number of benzene rings is 1. The highest BCUT2D eigenvalue weighted by atomic mass is 32.2. The highest BCUT2D eigenvalue weighted by Crippen LogP contribution is 2.42. The van der Waals surface area contributed by atoms with Crippen molar-refractivity contribution in [2.24, 2.45) is 0 Å². The molecule has 1 rings (SSSR count). The summed E-state index contributed by atoms with van der Waals surface area (Å²) in [5.41, 5.74) is -5.10. The largest absolute Gasteiger partial charge is 0.545 e. The van der Waals surface area contributed by atoms with Crippen molar-refractivity contribution < 1.29 is 27.8 Å². The second kappa shape index (κ2) is 5.01. The number of halogens is 3. The Morgan fingerprint density at radius 1 is 1.47 bits per heavy atom. The molecule has 0 aliphatic heterocycles. The SMILES string of the molecule is C#COc1c(SC(F)(F)F)cccc1C(=O)[O-]. The van der Waals surface area contributed by atoms with Gasteiger partial charge in [0.05, 0.1) is 10.9 Å². The van der Waals surface area contributed by atoms with Crippen LogP contribution in [0.3, 0.4) is 0 Å². The number of carboxylic acids is 1. The molecule has 0 aromatic heterocycles. The van der Waals surface area contributed by atoms with Crippen LogP contribution < -0.4 is 9.84 Å². The Morgan fingerprint density at radius 3 is 2.59 bits per heavy atom. The minimum absolute atomic E-state index is 0.433. The number of ether oxygens (including phenoxy) is 1. The van der Waals surface area contributed by atoms with Gasteiger partial charge in [0.2, 0.25) is 0 Å². The van der Waals surface area contributed by atoms with Crippen LogP contribution in [-0.4, -0.2) is 11.5 Å². The molecule has 3 nitrogen and oxygen atoms in total. The van der Waals surface area contributed by atoms with E-state index < -0.39 is 39.4 Å². The van der Waals surface area contributed by atoms with Crippen molar-refractivity contribution in [3.63, 3.8) is 0 Å². The van der Waals surface area contributed by atoms with E-state index in [4.69, 9.17) is 6.42 Å². The number of carbonyl (C=O) groups is 1. The summed E-state index contributed by atoms with van der Waals surface area (Å²) in [4.78, 5) is 10.2. The number of rotatable bonds is 3. The summed E-state index contributed by atoms with van der Waals surface area (Å²) in [6.07, 6.45) is 6.42. The molecule has 0 unspecified atom stereocenters. The van der Waals surface area contributed by atoms with E-state index in [1.807, 2.05) is 0 Å². The van der Waals surface area contributed by atoms with Gasteiger partial charge in [0, 0.05) is 5.56 Å². The molecule has 0 fully saturated rings. The summed E-state index contributed by atoms with van der Waals surface area (Å²) in [6.45, 7) is 0. The van der Waals surface area contributed by atoms with Crippen LogP contribution in [0.25, 0.3) is 0 Å². The van der Waals surface area contributed by atoms with E-state index in [9.17, 15) is 23.1 Å². The molecule has 0 saturated carbocycles. The summed E-state index contributed by atoms with van der Waals surface area (Å²) in [5.74, 6) is -2.21. The molecule has 1 aromatic rings. The fraction of sp³-hybridized carbons (Fsp3) is 0.100. The monoisotopic (exact) mass is 261 g/mol. The average molecular weight is 261 g/mol. The van der Waals surface area contributed by atoms with Crippen molar-refractivity contribution in [1.29, 1.82) is 0 Å². The van der Waals surface area contributed by atoms with Gasteiger partial charge in [0.1, 0.15) is 6.11 Å². The van der Waals surface area contributed by atoms with E-state index in [-0.39, 0.29) is 0 Å². The fourth-order valence-electron chi connectivity index (χ4n) is 1.05. The molecule has 0 bridgehead atoms. The van der Waals surface area contributed by atoms with E-state index in [2.05, 4.69) is 4.74 Å². The molecule has 0 amide bonds. The van der Waals surface area contributed by atoms with Gasteiger partial charge < -0.3 is 14.6 Å². The Balaban J connectivity index is 3.26. The van der Waals surface area contributed by atoms with E-state index in [0.717, 1.165) is 18.2 Å². The number of terminal acetylenes is 1. The number of hydrogen-bond donors (Lipinski definition) is 0. The van der Waals surface area contributed by atoms with Crippen LogP contribution in [0.5, 0.6) is 5.75 Å². The van der Waals surface area contributed by atoms with Crippen molar-refractivity contribution in [3.05, 3.63) is 23.8 Å². The molecule has 0 saturated heterocycles. The molecule has 7 heteroatoms. The Kier molecular flexibility index (Phi) is 3.91. The van der Waals surface area contributed by atoms with Gasteiger partial charge in [-0.05, 0) is 23.9 Å². The van der Waals surface area contributed by atoms with Crippen molar-refractivity contribution in [2.75, 3.05) is 0 Å². The predicted molar refractivity (Wildman–Crippen MR) is 52.1 cm³/mol. The first-order chi connectivity index (χ1) is 7.85. The van der Waals surface area contributed by atoms with Crippen LogP contribution in [0.2, 0.25) is 0 Å². The number of aromatic carboxylic acids is 1. The Bertz CT molecular complexity index is 477. The highest BCUT2D eigenvalue weighted by Gasteiger charge is 2.31. The number of thioether (sulfide) groups is 1. The van der Waals surface area contributed by atoms with Crippen molar-refractivity contribution >= 4 is 17.7 Å². The van der Waals surface area contributed by atoms with Crippen molar-refractivity contribution in [1.82, 2.24) is 0 Å². The second-order valence-electron chi connectivity index (χ2n) is 2.69. The van der Waals surface area contributed by atoms with E-state index in [1.54, 1.807) is 6.11 Å². The lowest BCUT2D eigenvalue weighted by Gasteiger charge is -2.13. The lowest BCUT2D eigenvalue weighted by molar-refractivity contribution is -0.255. The Hall–Kier alpha value is -1.81. The van der Waals surface area contributed by atoms with Gasteiger partial charge in [-0.3, -0.25) is 0 Å². The van der Waals surface area contributed by atoms with Crippen LogP contribution in [0, 0.1) is 12.5 Å². The van der Waals surface area contributed by atoms with Gasteiger partial charge in [0.15, 0.2) is 5.75 Å². The van der Waals surface area contributed by atoms with Crippen LogP contribution in [-0.2, 0) is 0 Å². The lowest BCUT2D eigenvalue weighted by atomic mass is 10.2. The average Bonchev–Trinajstić information content (AvgIpc) is 2.18. The van der Waals surface area contributed by atoms with E-state index in [0.29, 0.717) is 0 Å². The predicted octanol–water partition coefficient (Wildman–Crippen LogP) is 1.63. The number of para-hydroxylation sites is 1. The zero-order chi connectivity index (χ0) is 13.1. The fourth-order valence-corrected chi connectivity index (χ4v) is 1.69. The van der Waals surface area contributed by atoms with Gasteiger partial charge in [-0.1, -0.05) is 12.5 Å². The second-order valence-corrected chi connectivity index (χ2v) is 3.79. The topological polar surface area (TPSA) is 49.4 Å². The summed E-state index contributed by atoms with van der Waals surface area (Å²) in [6, 6.07) is 3.24. The molecule has 0 radical (unpaired) electrons. The number of carbonyl (C=O) groups excluding carboxylic acids is 1. The zero-order valence-corrected chi connectivity index (χ0v) is 8.89. The number of carboxylic acid groups (broad SMARTS) is 1. The molecule has 0 N–H and O–H groups in total. The standard InChI is InChI=1S/C10H5F3O3S/c1-2-16-8-6(9(14)15)4-3-5-7(8)17-10(11,12)13/h1,3-5H,(H,14,15)/p-1. The molecule has 0 spiro atoms. The Morgan fingerprint density at radius 2 is 2.12 bits per heavy atom. The normalized spacial score (nSPS) is 10.7. The zero-order valence-electron chi connectivity index (χ0n) is 8.08. The highest BCUT2D eigenvalue weighted by molar-refractivity contribution is 8.00. The van der Waals surface area contributed by atoms with Crippen LogP contribution >= 0.6 is 11.8 Å². The maximum Gasteiger partial charge on any atom is 0.446 e. The van der Waals surface area contributed by atoms with Gasteiger partial charge >= 0.3 is 5.51 Å². The van der Waals surface area contributed by atoms with E-state index in [1.165, 1.54) is 0 Å². The first-order valence-corrected chi connectivity index (χ1v) is 4.89. The minimum Gasteiger partial charge on any atom is -0.545 e. The number of alkyl halides is 3. The van der Waals surface area contributed by atoms with Gasteiger partial charge in [0.25, 0.3) is 0 Å². The molecule has 90 valence electrons. The third-order valence-corrected chi connectivity index (χ3v) is 2.36. The summed E-state index contributed by atoms with van der Waals surface area (Å²) in [7, 11) is 0. The van der Waals surface area contributed by atoms with Crippen molar-refractivity contribution in [2.45, 2.75) is 10.4 Å². The van der Waals surface area contributed by atoms with Gasteiger partial charge in [-0.15, -0.1) is 0 Å². The maximum absolute atomic E-state index is 12.2. The first-order valence-electron chi connectivity index (χ1n) is 4.07. The van der Waals surface area contributed by atoms with Gasteiger partial charge in [-0.2, -0.15) is 13.2 Å². The van der Waals surface area contributed by atoms with Gasteiger partial charge in [-0.25, -0.2) is 0 Å². The van der Waals surface area contributed by atoms with Crippen molar-refractivity contribution in [3.8, 4) is 18.3 Å². The first kappa shape index (κ1) is 13.3. The molecule has 1 aromatic carbocycles. The molecule has 0 heterocycles. The lowest BCUT2D eigenvalue weighted by Crippen LogP contribution is -2.23. The molecular formula is C10H4F3O3S-. The smallest absolute Gasteiger partial charge is 0.446 e. The third-order valence-electron chi connectivity index (χ3n) is 1.59. The minimum atomic E-state index is -4.57. The molecule has 17 heavy (non-hydrogen) atoms. The molecule has 0 atom stereocenters. The summed E-state index contributed by atoms with van der Waals surface area (Å²) in [5, 5.41) is 10.7. The third kappa shape index (κ3) is 3.60. The summed E-state index contributed by atoms with van der Waals surface area (Å²) < 4.78 is 41.0. The van der Waals surface area contributed by atoms with Crippen LogP contribution in [0.1, 0.15) is 10.4 Å². The quantitative estimate of drug-likeness (QED) is 0.613. The summed E-state index contributed by atoms with van der Waals surface area (Å²) >= 11 is -0.513.